The Morgan fingerprint density at radius 3 is 2.56 bits per heavy atom. The van der Waals surface area contributed by atoms with Crippen LogP contribution in [0.25, 0.3) is 0 Å². The second-order valence-electron chi connectivity index (χ2n) is 6.25. The minimum Gasteiger partial charge on any atom is -0.321 e. The minimum atomic E-state index is -4.08. The Kier molecular flexibility index (Phi) is 4.94. The smallest absolute Gasteiger partial charge is 0.271 e. The van der Waals surface area contributed by atoms with E-state index in [1.54, 1.807) is 6.92 Å². The molecule has 0 aliphatic heterocycles. The van der Waals surface area contributed by atoms with Gasteiger partial charge < -0.3 is 5.32 Å². The molecular weight excluding hydrogens is 377 g/mol. The molecular formula is C17H16FN3O5S. The maximum absolute atomic E-state index is 14.0. The third kappa shape index (κ3) is 4.29. The molecule has 0 heterocycles. The summed E-state index contributed by atoms with van der Waals surface area (Å²) in [6, 6.07) is 6.76. The molecule has 0 spiro atoms. The van der Waals surface area contributed by atoms with E-state index < -0.39 is 31.6 Å². The number of anilines is 1. The first kappa shape index (κ1) is 18.9. The first-order valence-corrected chi connectivity index (χ1v) is 9.54. The van der Waals surface area contributed by atoms with Crippen molar-refractivity contribution in [2.45, 2.75) is 30.7 Å². The van der Waals surface area contributed by atoms with E-state index in [1.165, 1.54) is 18.2 Å². The standard InChI is InChI=1S/C17H16FN3O5S/c1-10-2-6-13(21(23)24)9-15(10)19-17(22)11-3-7-14(18)16(8-11)27(25,26)20-12-4-5-12/h2-3,6-9,12,20H,4-5H2,1H3,(H,19,22). The Bertz CT molecular complexity index is 1030. The highest BCUT2D eigenvalue weighted by molar-refractivity contribution is 7.89. The van der Waals surface area contributed by atoms with Crippen LogP contribution in [0.4, 0.5) is 15.8 Å². The summed E-state index contributed by atoms with van der Waals surface area (Å²) in [4.78, 5) is 22.1. The molecule has 27 heavy (non-hydrogen) atoms. The monoisotopic (exact) mass is 393 g/mol. The van der Waals surface area contributed by atoms with Crippen LogP contribution in [-0.2, 0) is 10.0 Å². The molecule has 0 bridgehead atoms. The molecule has 8 nitrogen and oxygen atoms in total. The third-order valence-electron chi connectivity index (χ3n) is 4.06. The van der Waals surface area contributed by atoms with Crippen molar-refractivity contribution in [1.29, 1.82) is 0 Å². The van der Waals surface area contributed by atoms with E-state index in [1.807, 2.05) is 0 Å². The van der Waals surface area contributed by atoms with Crippen molar-refractivity contribution < 1.29 is 22.5 Å². The van der Waals surface area contributed by atoms with E-state index in [4.69, 9.17) is 0 Å². The summed E-state index contributed by atoms with van der Waals surface area (Å²) in [5.74, 6) is -1.67. The summed E-state index contributed by atoms with van der Waals surface area (Å²) in [6.45, 7) is 1.65. The number of rotatable bonds is 6. The lowest BCUT2D eigenvalue weighted by molar-refractivity contribution is -0.384. The van der Waals surface area contributed by atoms with Gasteiger partial charge in [-0.15, -0.1) is 0 Å². The zero-order valence-electron chi connectivity index (χ0n) is 14.2. The summed E-state index contributed by atoms with van der Waals surface area (Å²) in [5.41, 5.74) is 0.503. The van der Waals surface area contributed by atoms with Crippen molar-refractivity contribution in [1.82, 2.24) is 4.72 Å². The fourth-order valence-corrected chi connectivity index (χ4v) is 3.80. The maximum atomic E-state index is 14.0. The number of halogens is 1. The van der Waals surface area contributed by atoms with Gasteiger partial charge in [-0.05, 0) is 43.5 Å². The lowest BCUT2D eigenvalue weighted by Crippen LogP contribution is -2.27. The Labute approximate surface area is 154 Å². The molecule has 1 aliphatic carbocycles. The van der Waals surface area contributed by atoms with E-state index >= 15 is 0 Å². The molecule has 2 N–H and O–H groups in total. The highest BCUT2D eigenvalue weighted by atomic mass is 32.2. The highest BCUT2D eigenvalue weighted by Gasteiger charge is 2.30. The van der Waals surface area contributed by atoms with Crippen LogP contribution in [0, 0.1) is 22.9 Å². The van der Waals surface area contributed by atoms with Crippen molar-refractivity contribution in [3.8, 4) is 0 Å². The molecule has 1 aliphatic rings. The van der Waals surface area contributed by atoms with Crippen molar-refractivity contribution in [2.24, 2.45) is 0 Å². The number of sulfonamides is 1. The van der Waals surface area contributed by atoms with Gasteiger partial charge in [-0.3, -0.25) is 14.9 Å². The minimum absolute atomic E-state index is 0.0847. The molecule has 1 amide bonds. The van der Waals surface area contributed by atoms with E-state index in [-0.39, 0.29) is 23.0 Å². The number of nitrogens with zero attached hydrogens (tertiary/aromatic N) is 1. The lowest BCUT2D eigenvalue weighted by atomic mass is 10.1. The van der Waals surface area contributed by atoms with Crippen LogP contribution < -0.4 is 10.0 Å². The Morgan fingerprint density at radius 1 is 1.22 bits per heavy atom. The number of carbonyl (C=O) groups excluding carboxylic acids is 1. The van der Waals surface area contributed by atoms with Gasteiger partial charge in [0.05, 0.1) is 10.6 Å². The van der Waals surface area contributed by atoms with Crippen molar-refractivity contribution in [3.63, 3.8) is 0 Å². The second-order valence-corrected chi connectivity index (χ2v) is 7.93. The summed E-state index contributed by atoms with van der Waals surface area (Å²) in [6.07, 6.45) is 1.38. The van der Waals surface area contributed by atoms with Gasteiger partial charge >= 0.3 is 0 Å². The molecule has 0 atom stereocenters. The van der Waals surface area contributed by atoms with Crippen molar-refractivity contribution >= 4 is 27.3 Å². The SMILES string of the molecule is Cc1ccc([N+](=O)[O-])cc1NC(=O)c1ccc(F)c(S(=O)(=O)NC2CC2)c1. The fraction of sp³-hybridized carbons (Fsp3) is 0.235. The summed E-state index contributed by atoms with van der Waals surface area (Å²) < 4.78 is 40.9. The van der Waals surface area contributed by atoms with Crippen molar-refractivity contribution in [3.05, 3.63) is 63.5 Å². The highest BCUT2D eigenvalue weighted by Crippen LogP contribution is 2.25. The van der Waals surface area contributed by atoms with Crippen LogP contribution in [0.5, 0.6) is 0 Å². The van der Waals surface area contributed by atoms with Crippen LogP contribution in [0.1, 0.15) is 28.8 Å². The Morgan fingerprint density at radius 2 is 1.93 bits per heavy atom. The quantitative estimate of drug-likeness (QED) is 0.578. The van der Waals surface area contributed by atoms with Crippen LogP contribution in [0.15, 0.2) is 41.3 Å². The Balaban J connectivity index is 1.88. The molecule has 0 unspecified atom stereocenters. The van der Waals surface area contributed by atoms with Gasteiger partial charge in [-0.25, -0.2) is 17.5 Å². The van der Waals surface area contributed by atoms with E-state index in [9.17, 15) is 27.7 Å². The second kappa shape index (κ2) is 7.05. The van der Waals surface area contributed by atoms with E-state index in [0.29, 0.717) is 18.4 Å². The van der Waals surface area contributed by atoms with Crippen LogP contribution in [-0.4, -0.2) is 25.3 Å². The first-order valence-electron chi connectivity index (χ1n) is 8.05. The summed E-state index contributed by atoms with van der Waals surface area (Å²) in [7, 11) is -4.08. The molecule has 0 saturated heterocycles. The average Bonchev–Trinajstić information content (AvgIpc) is 3.40. The largest absolute Gasteiger partial charge is 0.321 e. The molecule has 10 heteroatoms. The van der Waals surface area contributed by atoms with Gasteiger partial charge in [0, 0.05) is 23.7 Å². The summed E-state index contributed by atoms with van der Waals surface area (Å²) >= 11 is 0. The van der Waals surface area contributed by atoms with Crippen molar-refractivity contribution in [2.75, 3.05) is 5.32 Å². The van der Waals surface area contributed by atoms with E-state index in [2.05, 4.69) is 10.0 Å². The zero-order valence-corrected chi connectivity index (χ0v) is 15.0. The number of carbonyl (C=O) groups is 1. The van der Waals surface area contributed by atoms with Crippen LogP contribution in [0.2, 0.25) is 0 Å². The topological polar surface area (TPSA) is 118 Å². The third-order valence-corrected chi connectivity index (χ3v) is 5.60. The molecule has 142 valence electrons. The maximum Gasteiger partial charge on any atom is 0.271 e. The number of nitrogens with one attached hydrogen (secondary N) is 2. The number of nitro groups is 1. The number of non-ortho nitro benzene ring substituents is 1. The molecule has 0 aromatic heterocycles. The van der Waals surface area contributed by atoms with Gasteiger partial charge in [0.25, 0.3) is 11.6 Å². The molecule has 2 aromatic rings. The number of nitro benzene ring substituents is 1. The average molecular weight is 393 g/mol. The van der Waals surface area contributed by atoms with E-state index in [0.717, 1.165) is 18.2 Å². The van der Waals surface area contributed by atoms with Gasteiger partial charge in [-0.2, -0.15) is 0 Å². The predicted molar refractivity (Wildman–Crippen MR) is 95.5 cm³/mol. The molecule has 1 saturated carbocycles. The molecule has 3 rings (SSSR count). The van der Waals surface area contributed by atoms with Crippen LogP contribution in [0.3, 0.4) is 0 Å². The van der Waals surface area contributed by atoms with Gasteiger partial charge in [0.1, 0.15) is 10.7 Å². The molecule has 0 radical (unpaired) electrons. The lowest BCUT2D eigenvalue weighted by Gasteiger charge is -2.11. The molecule has 2 aromatic carbocycles. The van der Waals surface area contributed by atoms with Gasteiger partial charge in [0.15, 0.2) is 0 Å². The predicted octanol–water partition coefficient (Wildman–Crippen LogP) is 2.74. The van der Waals surface area contributed by atoms with Gasteiger partial charge in [0.2, 0.25) is 10.0 Å². The molecule has 1 fully saturated rings. The number of benzene rings is 2. The number of amides is 1. The van der Waals surface area contributed by atoms with Gasteiger partial charge in [-0.1, -0.05) is 6.07 Å². The number of aryl methyl sites for hydroxylation is 1. The Hall–Kier alpha value is -2.85. The fourth-order valence-electron chi connectivity index (χ4n) is 2.39. The van der Waals surface area contributed by atoms with Crippen LogP contribution >= 0.6 is 0 Å². The normalized spacial score (nSPS) is 14.0. The summed E-state index contributed by atoms with van der Waals surface area (Å²) in [5, 5.41) is 13.4. The number of hydrogen-bond acceptors (Lipinski definition) is 5. The number of hydrogen-bond donors (Lipinski definition) is 2. The zero-order chi connectivity index (χ0) is 19.8. The first-order chi connectivity index (χ1) is 12.7.